The Labute approximate surface area is 115 Å². The number of nitrogens with one attached hydrogen (secondary N) is 2. The molecule has 0 radical (unpaired) electrons. The Morgan fingerprint density at radius 2 is 2.16 bits per heavy atom. The fourth-order valence-electron chi connectivity index (χ4n) is 1.98. The van der Waals surface area contributed by atoms with Crippen LogP contribution in [-0.4, -0.2) is 46.0 Å². The molecule has 0 aromatic rings. The highest BCUT2D eigenvalue weighted by molar-refractivity contribution is 7.90. The molecule has 1 atom stereocenters. The van der Waals surface area contributed by atoms with Crippen molar-refractivity contribution in [3.8, 4) is 6.07 Å². The Morgan fingerprint density at radius 3 is 2.74 bits per heavy atom. The van der Waals surface area contributed by atoms with E-state index in [2.05, 4.69) is 10.0 Å². The van der Waals surface area contributed by atoms with Gasteiger partial charge in [0, 0.05) is 13.2 Å². The summed E-state index contributed by atoms with van der Waals surface area (Å²) < 4.78 is 31.5. The van der Waals surface area contributed by atoms with Crippen LogP contribution >= 0.6 is 0 Å². The van der Waals surface area contributed by atoms with E-state index in [1.165, 1.54) is 0 Å². The van der Waals surface area contributed by atoms with E-state index in [1.54, 1.807) is 13.0 Å². The first-order chi connectivity index (χ1) is 9.10. The molecule has 1 unspecified atom stereocenters. The van der Waals surface area contributed by atoms with Gasteiger partial charge in [-0.25, -0.2) is 13.1 Å². The first-order valence-corrected chi connectivity index (χ1v) is 8.35. The highest BCUT2D eigenvalue weighted by Gasteiger charge is 2.22. The van der Waals surface area contributed by atoms with Gasteiger partial charge >= 0.3 is 0 Å². The van der Waals surface area contributed by atoms with E-state index in [4.69, 9.17) is 10.00 Å². The summed E-state index contributed by atoms with van der Waals surface area (Å²) in [5.41, 5.74) is 0. The van der Waals surface area contributed by atoms with E-state index in [9.17, 15) is 8.42 Å². The van der Waals surface area contributed by atoms with Crippen LogP contribution < -0.4 is 10.0 Å². The molecule has 0 aromatic carbocycles. The van der Waals surface area contributed by atoms with E-state index < -0.39 is 15.3 Å². The minimum absolute atomic E-state index is 0.292. The Bertz CT molecular complexity index is 386. The third-order valence-corrected chi connectivity index (χ3v) is 4.95. The second kappa shape index (κ2) is 8.48. The molecule has 1 fully saturated rings. The molecule has 1 saturated heterocycles. The quantitative estimate of drug-likeness (QED) is 0.630. The maximum absolute atomic E-state index is 11.7. The largest absolute Gasteiger partial charge is 0.378 e. The van der Waals surface area contributed by atoms with Gasteiger partial charge in [-0.15, -0.1) is 0 Å². The van der Waals surface area contributed by atoms with Crippen molar-refractivity contribution >= 4 is 10.0 Å². The molecule has 2 N–H and O–H groups in total. The van der Waals surface area contributed by atoms with Crippen LogP contribution in [0.3, 0.4) is 0 Å². The molecule has 19 heavy (non-hydrogen) atoms. The number of ether oxygens (including phenoxy) is 1. The average molecular weight is 289 g/mol. The molecule has 6 nitrogen and oxygen atoms in total. The van der Waals surface area contributed by atoms with Gasteiger partial charge in [0.05, 0.1) is 12.2 Å². The highest BCUT2D eigenvalue weighted by atomic mass is 32.2. The van der Waals surface area contributed by atoms with E-state index in [-0.39, 0.29) is 0 Å². The number of nitrogens with zero attached hydrogens (tertiary/aromatic N) is 1. The Morgan fingerprint density at radius 1 is 1.47 bits per heavy atom. The number of rotatable bonds is 8. The van der Waals surface area contributed by atoms with Crippen molar-refractivity contribution in [2.75, 3.05) is 26.2 Å². The molecule has 0 aliphatic carbocycles. The summed E-state index contributed by atoms with van der Waals surface area (Å²) in [5, 5.41) is 11.0. The van der Waals surface area contributed by atoms with Gasteiger partial charge in [-0.1, -0.05) is 6.92 Å². The summed E-state index contributed by atoms with van der Waals surface area (Å²) in [7, 11) is -3.50. The molecule has 0 saturated carbocycles. The lowest BCUT2D eigenvalue weighted by Gasteiger charge is -2.22. The molecule has 1 aliphatic heterocycles. The molecule has 0 spiro atoms. The summed E-state index contributed by atoms with van der Waals surface area (Å²) in [6, 6.07) is 1.80. The zero-order chi connectivity index (χ0) is 14.1. The summed E-state index contributed by atoms with van der Waals surface area (Å²) in [6.07, 6.45) is 3.25. The van der Waals surface area contributed by atoms with Crippen LogP contribution in [0.25, 0.3) is 0 Å². The molecule has 110 valence electrons. The summed E-state index contributed by atoms with van der Waals surface area (Å²) in [6.45, 7) is 4.53. The van der Waals surface area contributed by atoms with Gasteiger partial charge in [0.15, 0.2) is 5.25 Å². The second-order valence-corrected chi connectivity index (χ2v) is 6.59. The smallest absolute Gasteiger partial charge is 0.227 e. The maximum Gasteiger partial charge on any atom is 0.227 e. The average Bonchev–Trinajstić information content (AvgIpc) is 2.40. The monoisotopic (exact) mass is 289 g/mol. The molecule has 0 aromatic heterocycles. The molecule has 0 amide bonds. The Balaban J connectivity index is 2.14. The molecular weight excluding hydrogens is 266 g/mol. The van der Waals surface area contributed by atoms with Gasteiger partial charge in [0.1, 0.15) is 0 Å². The van der Waals surface area contributed by atoms with Crippen molar-refractivity contribution < 1.29 is 13.2 Å². The molecule has 7 heteroatoms. The lowest BCUT2D eigenvalue weighted by molar-refractivity contribution is 0.0322. The number of sulfonamides is 1. The third-order valence-electron chi connectivity index (χ3n) is 3.15. The predicted molar refractivity (Wildman–Crippen MR) is 73.1 cm³/mol. The number of hydrogen-bond acceptors (Lipinski definition) is 5. The van der Waals surface area contributed by atoms with Crippen LogP contribution in [0.5, 0.6) is 0 Å². The van der Waals surface area contributed by atoms with Crippen molar-refractivity contribution in [2.45, 2.75) is 44.0 Å². The van der Waals surface area contributed by atoms with Gasteiger partial charge in [-0.05, 0) is 38.8 Å². The van der Waals surface area contributed by atoms with Crippen LogP contribution in [0.4, 0.5) is 0 Å². The minimum Gasteiger partial charge on any atom is -0.378 e. The molecule has 1 aliphatic rings. The summed E-state index contributed by atoms with van der Waals surface area (Å²) in [4.78, 5) is 0. The molecule has 0 bridgehead atoms. The predicted octanol–water partition coefficient (Wildman–Crippen LogP) is 0.367. The maximum atomic E-state index is 11.7. The SMILES string of the molecule is CCC(C#N)S(=O)(=O)NCCCOC1CCNCC1. The van der Waals surface area contributed by atoms with Gasteiger partial charge in [0.2, 0.25) is 10.0 Å². The van der Waals surface area contributed by atoms with E-state index in [0.29, 0.717) is 32.1 Å². The van der Waals surface area contributed by atoms with Crippen LogP contribution in [0, 0.1) is 11.3 Å². The van der Waals surface area contributed by atoms with Crippen LogP contribution in [0.15, 0.2) is 0 Å². The van der Waals surface area contributed by atoms with E-state index in [1.807, 2.05) is 0 Å². The Hall–Kier alpha value is -0.680. The second-order valence-electron chi connectivity index (χ2n) is 4.64. The normalized spacial score (nSPS) is 18.9. The standard InChI is InChI=1S/C12H23N3O3S/c1-2-12(10-13)19(16,17)15-6-3-9-18-11-4-7-14-8-5-11/h11-12,14-15H,2-9H2,1H3. The number of nitriles is 1. The Kier molecular flexibility index (Phi) is 7.31. The van der Waals surface area contributed by atoms with Crippen LogP contribution in [-0.2, 0) is 14.8 Å². The molecule has 1 heterocycles. The highest BCUT2D eigenvalue weighted by Crippen LogP contribution is 2.07. The first-order valence-electron chi connectivity index (χ1n) is 6.80. The van der Waals surface area contributed by atoms with E-state index >= 15 is 0 Å². The summed E-state index contributed by atoms with van der Waals surface area (Å²) >= 11 is 0. The topological polar surface area (TPSA) is 91.2 Å². The van der Waals surface area contributed by atoms with Crippen molar-refractivity contribution in [3.05, 3.63) is 0 Å². The summed E-state index contributed by atoms with van der Waals surface area (Å²) in [5.74, 6) is 0. The number of piperidine rings is 1. The fraction of sp³-hybridized carbons (Fsp3) is 0.917. The molecular formula is C12H23N3O3S. The zero-order valence-electron chi connectivity index (χ0n) is 11.4. The lowest BCUT2D eigenvalue weighted by atomic mass is 10.1. The van der Waals surface area contributed by atoms with Crippen molar-refractivity contribution in [3.63, 3.8) is 0 Å². The van der Waals surface area contributed by atoms with Gasteiger partial charge in [0.25, 0.3) is 0 Å². The minimum atomic E-state index is -3.50. The van der Waals surface area contributed by atoms with Gasteiger partial charge in [-0.2, -0.15) is 5.26 Å². The lowest BCUT2D eigenvalue weighted by Crippen LogP contribution is -2.35. The third kappa shape index (κ3) is 5.87. The molecule has 1 rings (SSSR count). The van der Waals surface area contributed by atoms with Gasteiger partial charge < -0.3 is 10.1 Å². The zero-order valence-corrected chi connectivity index (χ0v) is 12.2. The van der Waals surface area contributed by atoms with Gasteiger partial charge in [-0.3, -0.25) is 0 Å². The van der Waals surface area contributed by atoms with Crippen LogP contribution in [0.2, 0.25) is 0 Å². The fourth-order valence-corrected chi connectivity index (χ4v) is 3.19. The van der Waals surface area contributed by atoms with Crippen molar-refractivity contribution in [1.82, 2.24) is 10.0 Å². The first kappa shape index (κ1) is 16.4. The van der Waals surface area contributed by atoms with Crippen molar-refractivity contribution in [1.29, 1.82) is 5.26 Å². The van der Waals surface area contributed by atoms with Crippen LogP contribution in [0.1, 0.15) is 32.6 Å². The number of hydrogen-bond donors (Lipinski definition) is 2. The van der Waals surface area contributed by atoms with E-state index in [0.717, 1.165) is 25.9 Å². The van der Waals surface area contributed by atoms with Crippen molar-refractivity contribution in [2.24, 2.45) is 0 Å².